The summed E-state index contributed by atoms with van der Waals surface area (Å²) in [5, 5.41) is 39.8. The molecule has 0 radical (unpaired) electrons. The Balaban J connectivity index is 3.17. The monoisotopic (exact) mass is 299 g/mol. The second kappa shape index (κ2) is 6.77. The molecule has 2 unspecified atom stereocenters. The number of nitrogens with zero attached hydrogens (tertiary/aromatic N) is 1. The first-order valence-corrected chi connectivity index (χ1v) is 5.71. The van der Waals surface area contributed by atoms with Crippen molar-refractivity contribution < 1.29 is 34.6 Å². The number of nitro groups is 1. The predicted octanol–water partition coefficient (Wildman–Crippen LogP) is 0.0703. The van der Waals surface area contributed by atoms with Crippen LogP contribution in [0.1, 0.15) is 28.4 Å². The van der Waals surface area contributed by atoms with Crippen LogP contribution in [0, 0.1) is 10.1 Å². The molecule has 0 aliphatic carbocycles. The van der Waals surface area contributed by atoms with Crippen molar-refractivity contribution in [3.8, 4) is 5.75 Å². The number of benzene rings is 1. The van der Waals surface area contributed by atoms with E-state index >= 15 is 0 Å². The normalized spacial score (nSPS) is 13.3. The molecule has 9 heteroatoms. The average Bonchev–Trinajstić information content (AvgIpc) is 2.46. The lowest BCUT2D eigenvalue weighted by molar-refractivity contribution is -0.386. The molecule has 0 spiro atoms. The molecular formula is C12H13NO8. The summed E-state index contributed by atoms with van der Waals surface area (Å²) in [5.41, 5.74) is -1.39. The fourth-order valence-electron chi connectivity index (χ4n) is 1.65. The van der Waals surface area contributed by atoms with E-state index in [0.29, 0.717) is 0 Å². The number of aromatic hydroxyl groups is 1. The fourth-order valence-corrected chi connectivity index (χ4v) is 1.65. The van der Waals surface area contributed by atoms with Gasteiger partial charge in [0, 0.05) is 6.07 Å². The number of aldehydes is 1. The van der Waals surface area contributed by atoms with Gasteiger partial charge in [0.2, 0.25) is 5.75 Å². The molecule has 1 aromatic carbocycles. The highest BCUT2D eigenvalue weighted by Crippen LogP contribution is 2.33. The summed E-state index contributed by atoms with van der Waals surface area (Å²) in [6.45, 7) is 0. The van der Waals surface area contributed by atoms with Crippen LogP contribution in [0.25, 0.3) is 0 Å². The van der Waals surface area contributed by atoms with E-state index in [1.807, 2.05) is 0 Å². The Morgan fingerprint density at radius 2 is 2.10 bits per heavy atom. The first-order chi connectivity index (χ1) is 9.81. The van der Waals surface area contributed by atoms with Crippen molar-refractivity contribution in [3.63, 3.8) is 0 Å². The Morgan fingerprint density at radius 1 is 1.48 bits per heavy atom. The summed E-state index contributed by atoms with van der Waals surface area (Å²) in [4.78, 5) is 31.6. The number of phenols is 1. The fraction of sp³-hybridized carbons (Fsp3) is 0.333. The molecule has 3 N–H and O–H groups in total. The zero-order valence-electron chi connectivity index (χ0n) is 10.9. The Hall–Kier alpha value is -2.52. The number of aliphatic hydroxyl groups is 2. The van der Waals surface area contributed by atoms with Crippen molar-refractivity contribution in [2.75, 3.05) is 7.11 Å². The number of carbonyl (C=O) groups is 2. The lowest BCUT2D eigenvalue weighted by Crippen LogP contribution is -2.22. The number of rotatable bonds is 6. The Morgan fingerprint density at radius 3 is 2.57 bits per heavy atom. The van der Waals surface area contributed by atoms with Crippen molar-refractivity contribution in [1.82, 2.24) is 0 Å². The molecular weight excluding hydrogens is 286 g/mol. The molecule has 0 bridgehead atoms. The molecule has 1 aromatic rings. The largest absolute Gasteiger partial charge is 0.502 e. The van der Waals surface area contributed by atoms with Gasteiger partial charge in [-0.3, -0.25) is 19.7 Å². The molecule has 0 heterocycles. The second-order valence-corrected chi connectivity index (χ2v) is 4.15. The van der Waals surface area contributed by atoms with Crippen molar-refractivity contribution >= 4 is 17.9 Å². The average molecular weight is 299 g/mol. The summed E-state index contributed by atoms with van der Waals surface area (Å²) in [5.74, 6) is -1.63. The minimum absolute atomic E-state index is 0.172. The second-order valence-electron chi connectivity index (χ2n) is 4.15. The van der Waals surface area contributed by atoms with Crippen LogP contribution in [0.2, 0.25) is 0 Å². The van der Waals surface area contributed by atoms with Crippen molar-refractivity contribution in [2.45, 2.75) is 18.6 Å². The molecule has 21 heavy (non-hydrogen) atoms. The summed E-state index contributed by atoms with van der Waals surface area (Å²) in [6, 6.07) is 1.80. The van der Waals surface area contributed by atoms with E-state index in [-0.39, 0.29) is 11.8 Å². The molecule has 0 amide bonds. The summed E-state index contributed by atoms with van der Waals surface area (Å²) in [6.07, 6.45) is -3.61. The Bertz CT molecular complexity index is 571. The number of aliphatic hydroxyl groups excluding tert-OH is 2. The van der Waals surface area contributed by atoms with Crippen LogP contribution in [-0.4, -0.2) is 45.7 Å². The minimum Gasteiger partial charge on any atom is -0.502 e. The van der Waals surface area contributed by atoms with Gasteiger partial charge in [-0.1, -0.05) is 0 Å². The van der Waals surface area contributed by atoms with Crippen molar-refractivity contribution in [1.29, 1.82) is 0 Å². The van der Waals surface area contributed by atoms with Crippen LogP contribution in [0.15, 0.2) is 12.1 Å². The van der Waals surface area contributed by atoms with Crippen molar-refractivity contribution in [2.24, 2.45) is 0 Å². The number of methoxy groups -OCH3 is 1. The lowest BCUT2D eigenvalue weighted by atomic mass is 9.99. The van der Waals surface area contributed by atoms with Gasteiger partial charge in [0.05, 0.1) is 30.1 Å². The third kappa shape index (κ3) is 3.74. The predicted molar refractivity (Wildman–Crippen MR) is 67.7 cm³/mol. The van der Waals surface area contributed by atoms with Crippen LogP contribution < -0.4 is 0 Å². The standard InChI is InChI=1S/C12H13NO8/c1-21-10(16)4-9(15)12(18)6-2-7(5-14)11(17)8(3-6)13(19)20/h2-3,5,9,12,15,17-18H,4H2,1H3. The van der Waals surface area contributed by atoms with Gasteiger partial charge in [0.1, 0.15) is 6.10 Å². The van der Waals surface area contributed by atoms with Crippen LogP contribution in [0.5, 0.6) is 5.75 Å². The molecule has 2 atom stereocenters. The molecule has 0 saturated carbocycles. The number of nitro benzene ring substituents is 1. The third-order valence-electron chi connectivity index (χ3n) is 2.77. The summed E-state index contributed by atoms with van der Waals surface area (Å²) < 4.78 is 4.32. The first-order valence-electron chi connectivity index (χ1n) is 5.71. The molecule has 114 valence electrons. The molecule has 0 aliphatic rings. The zero-order chi connectivity index (χ0) is 16.2. The first kappa shape index (κ1) is 16.5. The Kier molecular flexibility index (Phi) is 5.33. The highest BCUT2D eigenvalue weighted by atomic mass is 16.6. The van der Waals surface area contributed by atoms with Crippen LogP contribution >= 0.6 is 0 Å². The summed E-state index contributed by atoms with van der Waals surface area (Å²) >= 11 is 0. The van der Waals surface area contributed by atoms with E-state index in [1.165, 1.54) is 0 Å². The highest BCUT2D eigenvalue weighted by Gasteiger charge is 2.26. The molecule has 9 nitrogen and oxygen atoms in total. The Labute approximate surface area is 118 Å². The van der Waals surface area contributed by atoms with Gasteiger partial charge >= 0.3 is 11.7 Å². The maximum Gasteiger partial charge on any atom is 0.311 e. The quantitative estimate of drug-likeness (QED) is 0.289. The highest BCUT2D eigenvalue weighted by molar-refractivity contribution is 5.82. The molecule has 0 aromatic heterocycles. The van der Waals surface area contributed by atoms with E-state index in [2.05, 4.69) is 4.74 Å². The molecule has 1 rings (SSSR count). The van der Waals surface area contributed by atoms with E-state index in [4.69, 9.17) is 0 Å². The molecule has 0 saturated heterocycles. The van der Waals surface area contributed by atoms with Gasteiger partial charge < -0.3 is 20.1 Å². The van der Waals surface area contributed by atoms with Crippen LogP contribution in [0.3, 0.4) is 0 Å². The van der Waals surface area contributed by atoms with Crippen LogP contribution in [0.4, 0.5) is 5.69 Å². The van der Waals surface area contributed by atoms with E-state index in [1.54, 1.807) is 0 Å². The van der Waals surface area contributed by atoms with Gasteiger partial charge in [0.25, 0.3) is 0 Å². The lowest BCUT2D eigenvalue weighted by Gasteiger charge is -2.17. The number of ether oxygens (including phenoxy) is 1. The third-order valence-corrected chi connectivity index (χ3v) is 2.77. The van der Waals surface area contributed by atoms with Gasteiger partial charge in [-0.2, -0.15) is 0 Å². The van der Waals surface area contributed by atoms with Gasteiger partial charge in [-0.05, 0) is 11.6 Å². The smallest absolute Gasteiger partial charge is 0.311 e. The van der Waals surface area contributed by atoms with Gasteiger partial charge in [-0.25, -0.2) is 0 Å². The maximum atomic E-state index is 11.0. The number of hydrogen-bond acceptors (Lipinski definition) is 8. The van der Waals surface area contributed by atoms with E-state index < -0.39 is 46.5 Å². The molecule has 0 fully saturated rings. The van der Waals surface area contributed by atoms with Crippen molar-refractivity contribution in [3.05, 3.63) is 33.4 Å². The number of carbonyl (C=O) groups excluding carboxylic acids is 2. The van der Waals surface area contributed by atoms with Gasteiger partial charge in [-0.15, -0.1) is 0 Å². The van der Waals surface area contributed by atoms with E-state index in [9.17, 15) is 35.0 Å². The van der Waals surface area contributed by atoms with Crippen LogP contribution in [-0.2, 0) is 9.53 Å². The van der Waals surface area contributed by atoms with Gasteiger partial charge in [0.15, 0.2) is 6.29 Å². The molecule has 0 aliphatic heterocycles. The number of phenolic OH excluding ortho intramolecular Hbond substituents is 1. The zero-order valence-corrected chi connectivity index (χ0v) is 10.9. The summed E-state index contributed by atoms with van der Waals surface area (Å²) in [7, 11) is 1.09. The SMILES string of the molecule is COC(=O)CC(O)C(O)c1cc(C=O)c(O)c([N+](=O)[O-])c1. The topological polar surface area (TPSA) is 147 Å². The maximum absolute atomic E-state index is 11.0. The number of hydrogen-bond donors (Lipinski definition) is 3. The van der Waals surface area contributed by atoms with E-state index in [0.717, 1.165) is 19.2 Å². The number of esters is 1. The minimum atomic E-state index is -1.66.